The lowest BCUT2D eigenvalue weighted by atomic mass is 10.1. The van der Waals surface area contributed by atoms with Crippen LogP contribution >= 0.6 is 11.3 Å². The Bertz CT molecular complexity index is 478. The van der Waals surface area contributed by atoms with E-state index in [-0.39, 0.29) is 0 Å². The second kappa shape index (κ2) is 6.15. The molecule has 17 heavy (non-hydrogen) atoms. The second-order valence-corrected chi connectivity index (χ2v) is 5.22. The van der Waals surface area contributed by atoms with Crippen molar-refractivity contribution in [1.29, 1.82) is 0 Å². The Morgan fingerprint density at radius 1 is 1.29 bits per heavy atom. The summed E-state index contributed by atoms with van der Waals surface area (Å²) in [7, 11) is 1.99. The summed E-state index contributed by atoms with van der Waals surface area (Å²) in [5.74, 6) is 0. The van der Waals surface area contributed by atoms with Gasteiger partial charge >= 0.3 is 0 Å². The molecule has 92 valence electrons. The first kappa shape index (κ1) is 12.6. The van der Waals surface area contributed by atoms with Crippen LogP contribution in [0.15, 0.2) is 24.3 Å². The van der Waals surface area contributed by atoms with Gasteiger partial charge in [-0.1, -0.05) is 25.1 Å². The summed E-state index contributed by atoms with van der Waals surface area (Å²) >= 11 is 1.86. The summed E-state index contributed by atoms with van der Waals surface area (Å²) in [5, 5.41) is 4.58. The van der Waals surface area contributed by atoms with Gasteiger partial charge in [-0.05, 0) is 24.9 Å². The second-order valence-electron chi connectivity index (χ2n) is 4.08. The quantitative estimate of drug-likeness (QED) is 0.791. The van der Waals surface area contributed by atoms with Gasteiger partial charge in [0.1, 0.15) is 0 Å². The van der Waals surface area contributed by atoms with Crippen molar-refractivity contribution >= 4 is 21.4 Å². The van der Waals surface area contributed by atoms with Crippen LogP contribution in [-0.4, -0.2) is 13.7 Å². The van der Waals surface area contributed by atoms with E-state index < -0.39 is 0 Å². The molecule has 0 unspecified atom stereocenters. The molecule has 2 aromatic rings. The highest BCUT2D eigenvalue weighted by atomic mass is 32.1. The molecule has 3 heteroatoms. The zero-order chi connectivity index (χ0) is 12.1. The molecule has 1 heterocycles. The smallest absolute Gasteiger partial charge is 0.0734 e. The third-order valence-electron chi connectivity index (χ3n) is 2.71. The summed E-state index contributed by atoms with van der Waals surface area (Å²) in [6.45, 7) is 4.63. The van der Waals surface area contributed by atoms with Crippen LogP contribution in [0.3, 0.4) is 0 Å². The molecule has 0 saturated carbocycles. The highest BCUT2D eigenvalue weighted by molar-refractivity contribution is 7.19. The van der Waals surface area contributed by atoms with E-state index >= 15 is 0 Å². The van der Waals surface area contributed by atoms with Gasteiger partial charge in [0, 0.05) is 28.3 Å². The number of benzene rings is 1. The van der Waals surface area contributed by atoms with Crippen LogP contribution in [-0.2, 0) is 17.9 Å². The molecule has 0 aliphatic rings. The highest BCUT2D eigenvalue weighted by Gasteiger charge is 2.10. The number of thiophene rings is 1. The minimum Gasteiger partial charge on any atom is -0.377 e. The van der Waals surface area contributed by atoms with Crippen molar-refractivity contribution in [3.63, 3.8) is 0 Å². The van der Waals surface area contributed by atoms with E-state index in [9.17, 15) is 0 Å². The molecular weight excluding hydrogens is 230 g/mol. The number of hydrogen-bond acceptors (Lipinski definition) is 3. The van der Waals surface area contributed by atoms with Gasteiger partial charge in [-0.15, -0.1) is 11.3 Å². The maximum atomic E-state index is 5.70. The molecule has 2 rings (SSSR count). The minimum atomic E-state index is 0.731. The van der Waals surface area contributed by atoms with Gasteiger partial charge in [-0.2, -0.15) is 0 Å². The summed E-state index contributed by atoms with van der Waals surface area (Å²) in [6, 6.07) is 8.57. The standard InChI is InChI=1S/C14H19NOS/c1-3-8-16-10-12-11-6-4-5-7-13(11)17-14(12)9-15-2/h4-7,15H,3,8-10H2,1-2H3. The molecule has 1 aromatic carbocycles. The van der Waals surface area contributed by atoms with Crippen molar-refractivity contribution in [1.82, 2.24) is 5.32 Å². The maximum Gasteiger partial charge on any atom is 0.0734 e. The first-order valence-corrected chi connectivity index (χ1v) is 6.90. The van der Waals surface area contributed by atoms with Crippen LogP contribution in [0.5, 0.6) is 0 Å². The van der Waals surface area contributed by atoms with Crippen LogP contribution in [0.2, 0.25) is 0 Å². The molecule has 0 bridgehead atoms. The molecule has 0 saturated heterocycles. The van der Waals surface area contributed by atoms with Gasteiger partial charge in [-0.3, -0.25) is 0 Å². The number of nitrogens with one attached hydrogen (secondary N) is 1. The highest BCUT2D eigenvalue weighted by Crippen LogP contribution is 2.31. The van der Waals surface area contributed by atoms with E-state index in [4.69, 9.17) is 4.74 Å². The molecule has 0 atom stereocenters. The van der Waals surface area contributed by atoms with E-state index in [1.54, 1.807) is 0 Å². The topological polar surface area (TPSA) is 21.3 Å². The van der Waals surface area contributed by atoms with Crippen LogP contribution < -0.4 is 5.32 Å². The van der Waals surface area contributed by atoms with Crippen LogP contribution in [0.25, 0.3) is 10.1 Å². The van der Waals surface area contributed by atoms with Crippen molar-refractivity contribution < 1.29 is 4.74 Å². The van der Waals surface area contributed by atoms with Crippen molar-refractivity contribution in [3.05, 3.63) is 34.7 Å². The minimum absolute atomic E-state index is 0.731. The van der Waals surface area contributed by atoms with E-state index in [1.165, 1.54) is 20.5 Å². The van der Waals surface area contributed by atoms with E-state index in [0.29, 0.717) is 0 Å². The SMILES string of the molecule is CCCOCc1c(CNC)sc2ccccc12. The van der Waals surface area contributed by atoms with Gasteiger partial charge in [0.2, 0.25) is 0 Å². The Morgan fingerprint density at radius 2 is 2.12 bits per heavy atom. The van der Waals surface area contributed by atoms with Gasteiger partial charge in [0.25, 0.3) is 0 Å². The number of ether oxygens (including phenoxy) is 1. The Kier molecular flexibility index (Phi) is 4.54. The number of hydrogen-bond donors (Lipinski definition) is 1. The fourth-order valence-corrected chi connectivity index (χ4v) is 3.15. The Balaban J connectivity index is 2.30. The molecule has 0 radical (unpaired) electrons. The predicted octanol–water partition coefficient (Wildman–Crippen LogP) is 3.55. The lowest BCUT2D eigenvalue weighted by Crippen LogP contribution is -2.06. The first-order chi connectivity index (χ1) is 8.36. The van der Waals surface area contributed by atoms with Crippen LogP contribution in [0, 0.1) is 0 Å². The molecule has 1 aromatic heterocycles. The molecule has 1 N–H and O–H groups in total. The Labute approximate surface area is 107 Å². The fraction of sp³-hybridized carbons (Fsp3) is 0.429. The van der Waals surface area contributed by atoms with Crippen molar-refractivity contribution in [2.24, 2.45) is 0 Å². The average Bonchev–Trinajstić information content (AvgIpc) is 2.69. The molecule has 0 aliphatic heterocycles. The zero-order valence-electron chi connectivity index (χ0n) is 10.5. The average molecular weight is 249 g/mol. The number of fused-ring (bicyclic) bond motifs is 1. The molecule has 0 amide bonds. The third kappa shape index (κ3) is 2.86. The monoisotopic (exact) mass is 249 g/mol. The first-order valence-electron chi connectivity index (χ1n) is 6.08. The van der Waals surface area contributed by atoms with E-state index in [2.05, 4.69) is 36.5 Å². The maximum absolute atomic E-state index is 5.70. The number of rotatable bonds is 6. The van der Waals surface area contributed by atoms with Crippen molar-refractivity contribution in [3.8, 4) is 0 Å². The molecule has 0 spiro atoms. The third-order valence-corrected chi connectivity index (χ3v) is 3.93. The molecule has 0 aliphatic carbocycles. The van der Waals surface area contributed by atoms with Gasteiger partial charge < -0.3 is 10.1 Å². The van der Waals surface area contributed by atoms with Crippen LogP contribution in [0.4, 0.5) is 0 Å². The van der Waals surface area contributed by atoms with Gasteiger partial charge in [-0.25, -0.2) is 0 Å². The summed E-state index contributed by atoms with van der Waals surface area (Å²) in [6.07, 6.45) is 1.07. The molecule has 2 nitrogen and oxygen atoms in total. The molecule has 0 fully saturated rings. The zero-order valence-corrected chi connectivity index (χ0v) is 11.3. The lowest BCUT2D eigenvalue weighted by molar-refractivity contribution is 0.122. The van der Waals surface area contributed by atoms with Crippen molar-refractivity contribution in [2.45, 2.75) is 26.5 Å². The van der Waals surface area contributed by atoms with Crippen molar-refractivity contribution in [2.75, 3.05) is 13.7 Å². The lowest BCUT2D eigenvalue weighted by Gasteiger charge is -2.05. The Morgan fingerprint density at radius 3 is 2.88 bits per heavy atom. The Hall–Kier alpha value is -0.900. The van der Waals surface area contributed by atoms with Crippen LogP contribution in [0.1, 0.15) is 23.8 Å². The van der Waals surface area contributed by atoms with E-state index in [0.717, 1.165) is 26.2 Å². The molecular formula is C14H19NOS. The van der Waals surface area contributed by atoms with E-state index in [1.807, 2.05) is 18.4 Å². The largest absolute Gasteiger partial charge is 0.377 e. The summed E-state index contributed by atoms with van der Waals surface area (Å²) in [5.41, 5.74) is 1.36. The van der Waals surface area contributed by atoms with Gasteiger partial charge in [0.05, 0.1) is 6.61 Å². The summed E-state index contributed by atoms with van der Waals surface area (Å²) in [4.78, 5) is 1.39. The predicted molar refractivity (Wildman–Crippen MR) is 74.5 cm³/mol. The normalized spacial score (nSPS) is 11.2. The van der Waals surface area contributed by atoms with Gasteiger partial charge in [0.15, 0.2) is 0 Å². The fourth-order valence-electron chi connectivity index (χ4n) is 1.93. The summed E-state index contributed by atoms with van der Waals surface area (Å²) < 4.78 is 7.06.